The van der Waals surface area contributed by atoms with Gasteiger partial charge in [-0.15, -0.1) is 11.3 Å². The molecule has 8 nitrogen and oxygen atoms in total. The minimum absolute atomic E-state index is 0.00635. The number of rotatable bonds is 8. The number of aromatic nitrogens is 1. The molecule has 0 atom stereocenters. The molecular weight excluding hydrogens is 496 g/mol. The average Bonchev–Trinajstić information content (AvgIpc) is 3.17. The molecule has 0 aliphatic rings. The fourth-order valence-corrected chi connectivity index (χ4v) is 4.22. The molecule has 0 aliphatic heterocycles. The summed E-state index contributed by atoms with van der Waals surface area (Å²) in [7, 11) is 1.47. The zero-order valence-corrected chi connectivity index (χ0v) is 20.0. The number of nitrogens with zero attached hydrogens (tertiary/aromatic N) is 3. The van der Waals surface area contributed by atoms with E-state index in [4.69, 9.17) is 10.5 Å². The third-order valence-corrected chi connectivity index (χ3v) is 6.05. The summed E-state index contributed by atoms with van der Waals surface area (Å²) in [5.41, 5.74) is 7.46. The number of ether oxygens (including phenoxy) is 1. The lowest BCUT2D eigenvalue weighted by atomic mass is 10.1. The molecule has 168 valence electrons. The lowest BCUT2D eigenvalue weighted by molar-refractivity contribution is 0.0998. The Morgan fingerprint density at radius 3 is 2.78 bits per heavy atom. The number of thiazole rings is 1. The van der Waals surface area contributed by atoms with E-state index < -0.39 is 5.91 Å². The van der Waals surface area contributed by atoms with Crippen LogP contribution in [-0.2, 0) is 0 Å². The number of unbranched alkanes of at least 4 members (excludes halogenated alkanes) is 1. The quantitative estimate of drug-likeness (QED) is 0.307. The fraction of sp³-hybridized carbons (Fsp3) is 0.227. The SMILES string of the molecule is CCCCN=c1scc(-c2ccc(O)c(C(N)=O)c2)n1N=Cc1cc(Br)c(O)c(OC)c1. The van der Waals surface area contributed by atoms with Gasteiger partial charge in [0.05, 0.1) is 29.1 Å². The van der Waals surface area contributed by atoms with Crippen molar-refractivity contribution < 1.29 is 19.7 Å². The molecule has 0 spiro atoms. The average molecular weight is 519 g/mol. The third kappa shape index (κ3) is 5.20. The molecule has 32 heavy (non-hydrogen) atoms. The zero-order valence-electron chi connectivity index (χ0n) is 17.6. The van der Waals surface area contributed by atoms with Gasteiger partial charge in [0.25, 0.3) is 5.91 Å². The largest absolute Gasteiger partial charge is 0.507 e. The number of phenolic OH excluding ortho intramolecular Hbond substituents is 1. The van der Waals surface area contributed by atoms with Gasteiger partial charge in [0.1, 0.15) is 5.75 Å². The lowest BCUT2D eigenvalue weighted by Gasteiger charge is -2.08. The summed E-state index contributed by atoms with van der Waals surface area (Å²) in [4.78, 5) is 17.0. The van der Waals surface area contributed by atoms with Gasteiger partial charge in [-0.25, -0.2) is 4.68 Å². The van der Waals surface area contributed by atoms with E-state index in [1.54, 1.807) is 29.1 Å². The standard InChI is InChI=1S/C22H23BrN4O4S/c1-3-4-7-25-22-27(26-11-13-8-16(23)20(29)19(9-13)31-2)17(12-32-22)14-5-6-18(28)15(10-14)21(24)30/h5-6,8-12,28-29H,3-4,7H2,1-2H3,(H2,24,30). The molecule has 3 aromatic rings. The molecular formula is C22H23BrN4O4S. The predicted octanol–water partition coefficient (Wildman–Crippen LogP) is 4.08. The van der Waals surface area contributed by atoms with Crippen LogP contribution in [-0.4, -0.2) is 40.7 Å². The van der Waals surface area contributed by atoms with Crippen molar-refractivity contribution in [3.8, 4) is 28.5 Å². The van der Waals surface area contributed by atoms with Crippen molar-refractivity contribution in [3.63, 3.8) is 0 Å². The highest BCUT2D eigenvalue weighted by Crippen LogP contribution is 2.34. The highest BCUT2D eigenvalue weighted by Gasteiger charge is 2.13. The summed E-state index contributed by atoms with van der Waals surface area (Å²) in [5.74, 6) is -0.579. The van der Waals surface area contributed by atoms with Crippen molar-refractivity contribution in [2.24, 2.45) is 15.8 Å². The number of hydrogen-bond acceptors (Lipinski definition) is 7. The van der Waals surface area contributed by atoms with Crippen molar-refractivity contribution in [2.75, 3.05) is 13.7 Å². The monoisotopic (exact) mass is 518 g/mol. The molecule has 0 aliphatic carbocycles. The summed E-state index contributed by atoms with van der Waals surface area (Å²) in [6, 6.07) is 8.02. The van der Waals surface area contributed by atoms with E-state index in [9.17, 15) is 15.0 Å². The first-order valence-corrected chi connectivity index (χ1v) is 11.5. The van der Waals surface area contributed by atoms with Crippen LogP contribution < -0.4 is 15.3 Å². The Bertz CT molecular complexity index is 1230. The summed E-state index contributed by atoms with van der Waals surface area (Å²) in [5, 5.41) is 26.4. The maximum Gasteiger partial charge on any atom is 0.252 e. The minimum Gasteiger partial charge on any atom is -0.507 e. The maximum atomic E-state index is 11.7. The molecule has 0 fully saturated rings. The van der Waals surface area contributed by atoms with Crippen molar-refractivity contribution in [2.45, 2.75) is 19.8 Å². The Morgan fingerprint density at radius 2 is 2.09 bits per heavy atom. The molecule has 3 rings (SSSR count). The molecule has 0 saturated heterocycles. The molecule has 10 heteroatoms. The number of carbonyl (C=O) groups excluding carboxylic acids is 1. The Labute approximate surface area is 197 Å². The van der Waals surface area contributed by atoms with E-state index >= 15 is 0 Å². The van der Waals surface area contributed by atoms with Crippen LogP contribution in [0.25, 0.3) is 11.3 Å². The smallest absolute Gasteiger partial charge is 0.252 e. The second-order valence-corrected chi connectivity index (χ2v) is 8.54. The maximum absolute atomic E-state index is 11.7. The summed E-state index contributed by atoms with van der Waals surface area (Å²) in [6.07, 6.45) is 3.59. The van der Waals surface area contributed by atoms with Gasteiger partial charge < -0.3 is 20.7 Å². The molecule has 1 heterocycles. The zero-order chi connectivity index (χ0) is 23.3. The Kier molecular flexibility index (Phi) is 7.70. The first kappa shape index (κ1) is 23.6. The highest BCUT2D eigenvalue weighted by atomic mass is 79.9. The number of benzene rings is 2. The van der Waals surface area contributed by atoms with Crippen LogP contribution in [0.4, 0.5) is 0 Å². The minimum atomic E-state index is -0.719. The van der Waals surface area contributed by atoms with Crippen LogP contribution in [0, 0.1) is 0 Å². The Balaban J connectivity index is 2.11. The van der Waals surface area contributed by atoms with E-state index in [0.29, 0.717) is 38.4 Å². The normalized spacial score (nSPS) is 11.9. The molecule has 1 aromatic heterocycles. The number of halogens is 1. The van der Waals surface area contributed by atoms with Gasteiger partial charge in [-0.1, -0.05) is 13.3 Å². The number of nitrogens with two attached hydrogens (primary N) is 1. The van der Waals surface area contributed by atoms with Crippen molar-refractivity contribution in [1.82, 2.24) is 4.68 Å². The van der Waals surface area contributed by atoms with Gasteiger partial charge in [-0.3, -0.25) is 9.79 Å². The molecule has 1 amide bonds. The van der Waals surface area contributed by atoms with Crippen molar-refractivity contribution in [3.05, 3.63) is 56.1 Å². The van der Waals surface area contributed by atoms with E-state index in [2.05, 4.69) is 32.9 Å². The molecule has 0 radical (unpaired) electrons. The van der Waals surface area contributed by atoms with Crippen LogP contribution in [0.1, 0.15) is 35.7 Å². The summed E-state index contributed by atoms with van der Waals surface area (Å²) in [6.45, 7) is 2.76. The predicted molar refractivity (Wildman–Crippen MR) is 129 cm³/mol. The number of phenols is 2. The topological polar surface area (TPSA) is 122 Å². The van der Waals surface area contributed by atoms with Crippen LogP contribution in [0.2, 0.25) is 0 Å². The fourth-order valence-electron chi connectivity index (χ4n) is 2.89. The van der Waals surface area contributed by atoms with Crippen molar-refractivity contribution in [1.29, 1.82) is 0 Å². The number of aromatic hydroxyl groups is 2. The van der Waals surface area contributed by atoms with Gasteiger partial charge >= 0.3 is 0 Å². The summed E-state index contributed by atoms with van der Waals surface area (Å²) >= 11 is 4.73. The van der Waals surface area contributed by atoms with E-state index in [0.717, 1.165) is 12.8 Å². The second kappa shape index (κ2) is 10.5. The van der Waals surface area contributed by atoms with Crippen LogP contribution in [0.15, 0.2) is 50.3 Å². The van der Waals surface area contributed by atoms with Gasteiger partial charge in [0.15, 0.2) is 11.5 Å². The Hall–Kier alpha value is -3.11. The van der Waals surface area contributed by atoms with E-state index in [1.165, 1.54) is 30.6 Å². The first-order valence-electron chi connectivity index (χ1n) is 9.80. The molecule has 0 bridgehead atoms. The van der Waals surface area contributed by atoms with Gasteiger partial charge in [0, 0.05) is 17.5 Å². The second-order valence-electron chi connectivity index (χ2n) is 6.84. The molecule has 4 N–H and O–H groups in total. The number of methoxy groups -OCH3 is 1. The van der Waals surface area contributed by atoms with E-state index in [1.807, 2.05) is 5.38 Å². The number of hydrogen-bond donors (Lipinski definition) is 3. The van der Waals surface area contributed by atoms with E-state index in [-0.39, 0.29) is 17.1 Å². The third-order valence-electron chi connectivity index (χ3n) is 4.59. The van der Waals surface area contributed by atoms with Crippen LogP contribution in [0.3, 0.4) is 0 Å². The first-order chi connectivity index (χ1) is 15.3. The van der Waals surface area contributed by atoms with Gasteiger partial charge in [-0.05, 0) is 58.2 Å². The lowest BCUT2D eigenvalue weighted by Crippen LogP contribution is -2.14. The summed E-state index contributed by atoms with van der Waals surface area (Å²) < 4.78 is 7.35. The van der Waals surface area contributed by atoms with Crippen molar-refractivity contribution >= 4 is 39.4 Å². The van der Waals surface area contributed by atoms with Gasteiger partial charge in [0.2, 0.25) is 4.80 Å². The number of carbonyl (C=O) groups is 1. The molecule has 0 saturated carbocycles. The number of primary amides is 1. The number of amides is 1. The Morgan fingerprint density at radius 1 is 1.31 bits per heavy atom. The molecule has 0 unspecified atom stereocenters. The highest BCUT2D eigenvalue weighted by molar-refractivity contribution is 9.10. The van der Waals surface area contributed by atoms with Crippen LogP contribution in [0.5, 0.6) is 17.2 Å². The van der Waals surface area contributed by atoms with Gasteiger partial charge in [-0.2, -0.15) is 5.10 Å². The van der Waals surface area contributed by atoms with Crippen LogP contribution >= 0.6 is 27.3 Å². The molecule has 2 aromatic carbocycles.